The topological polar surface area (TPSA) is 29.9 Å². The Hall–Kier alpha value is -0.830. The van der Waals surface area contributed by atoms with Crippen molar-refractivity contribution in [2.45, 2.75) is 33.2 Å². The molecule has 0 saturated carbocycles. The van der Waals surface area contributed by atoms with E-state index in [4.69, 9.17) is 0 Å². The highest BCUT2D eigenvalue weighted by atomic mass is 15.3. The first-order valence-electron chi connectivity index (χ1n) is 5.43. The lowest BCUT2D eigenvalue weighted by molar-refractivity contribution is 0.603. The molecule has 1 aliphatic rings. The molecule has 1 aliphatic heterocycles. The van der Waals surface area contributed by atoms with Crippen LogP contribution in [0.25, 0.3) is 0 Å². The number of nitrogens with one attached hydrogen (secondary N) is 1. The molecule has 3 nitrogen and oxygen atoms in total. The Labute approximate surface area is 85.5 Å². The molecule has 3 heteroatoms. The van der Waals surface area contributed by atoms with Crippen LogP contribution in [0.1, 0.15) is 30.8 Å². The fourth-order valence-corrected chi connectivity index (χ4v) is 2.15. The first kappa shape index (κ1) is 9.71. The highest BCUT2D eigenvalue weighted by Gasteiger charge is 2.18. The van der Waals surface area contributed by atoms with E-state index >= 15 is 0 Å². The summed E-state index contributed by atoms with van der Waals surface area (Å²) in [5, 5.41) is 8.02. The van der Waals surface area contributed by atoms with Crippen molar-refractivity contribution in [3.05, 3.63) is 17.0 Å². The molecule has 0 radical (unpaired) electrons. The van der Waals surface area contributed by atoms with Gasteiger partial charge in [-0.05, 0) is 12.3 Å². The highest BCUT2D eigenvalue weighted by molar-refractivity contribution is 5.28. The Morgan fingerprint density at radius 3 is 3.00 bits per heavy atom. The molecule has 1 aromatic heterocycles. The molecule has 0 amide bonds. The minimum atomic E-state index is 0.691. The normalized spacial score (nSPS) is 16.0. The van der Waals surface area contributed by atoms with Crippen molar-refractivity contribution in [1.29, 1.82) is 0 Å². The molecule has 78 valence electrons. The number of nitrogens with zero attached hydrogens (tertiary/aromatic N) is 2. The molecule has 0 aromatic carbocycles. The standard InChI is InChI=1S/C11H19N3/c1-8(2)6-10-9-7-12-5-4-11(9)14(3)13-10/h8,12H,4-7H2,1-3H3. The van der Waals surface area contributed by atoms with E-state index in [-0.39, 0.29) is 0 Å². The minimum absolute atomic E-state index is 0.691. The lowest BCUT2D eigenvalue weighted by Gasteiger charge is -2.14. The minimum Gasteiger partial charge on any atom is -0.312 e. The van der Waals surface area contributed by atoms with Crippen LogP contribution in [0.15, 0.2) is 0 Å². The van der Waals surface area contributed by atoms with Gasteiger partial charge in [0.05, 0.1) is 5.69 Å². The molecular weight excluding hydrogens is 174 g/mol. The first-order valence-corrected chi connectivity index (χ1v) is 5.43. The zero-order chi connectivity index (χ0) is 10.1. The molecular formula is C11H19N3. The second-order valence-electron chi connectivity index (χ2n) is 4.52. The van der Waals surface area contributed by atoms with Gasteiger partial charge in [-0.25, -0.2) is 0 Å². The van der Waals surface area contributed by atoms with E-state index in [9.17, 15) is 0 Å². The van der Waals surface area contributed by atoms with Crippen molar-refractivity contribution in [2.75, 3.05) is 6.54 Å². The lowest BCUT2D eigenvalue weighted by Crippen LogP contribution is -2.24. The van der Waals surface area contributed by atoms with Gasteiger partial charge in [-0.1, -0.05) is 13.8 Å². The van der Waals surface area contributed by atoms with Crippen LogP contribution >= 0.6 is 0 Å². The van der Waals surface area contributed by atoms with Crippen molar-refractivity contribution in [3.63, 3.8) is 0 Å². The van der Waals surface area contributed by atoms with Crippen LogP contribution in [0.4, 0.5) is 0 Å². The van der Waals surface area contributed by atoms with Crippen LogP contribution in [0.3, 0.4) is 0 Å². The maximum Gasteiger partial charge on any atom is 0.0674 e. The van der Waals surface area contributed by atoms with E-state index in [1.165, 1.54) is 17.0 Å². The third kappa shape index (κ3) is 1.69. The zero-order valence-electron chi connectivity index (χ0n) is 9.30. The largest absolute Gasteiger partial charge is 0.312 e. The molecule has 0 bridgehead atoms. The third-order valence-corrected chi connectivity index (χ3v) is 2.80. The van der Waals surface area contributed by atoms with Crippen LogP contribution in [0.2, 0.25) is 0 Å². The molecule has 0 saturated heterocycles. The van der Waals surface area contributed by atoms with Crippen molar-refractivity contribution in [3.8, 4) is 0 Å². The molecule has 1 aromatic rings. The van der Waals surface area contributed by atoms with Crippen LogP contribution in [0.5, 0.6) is 0 Å². The van der Waals surface area contributed by atoms with Gasteiger partial charge in [-0.2, -0.15) is 5.10 Å². The fraction of sp³-hybridized carbons (Fsp3) is 0.727. The molecule has 0 atom stereocenters. The molecule has 0 spiro atoms. The number of hydrogen-bond acceptors (Lipinski definition) is 2. The quantitative estimate of drug-likeness (QED) is 0.766. The van der Waals surface area contributed by atoms with Crippen LogP contribution in [-0.2, 0) is 26.4 Å². The Bertz CT molecular complexity index is 326. The fourth-order valence-electron chi connectivity index (χ4n) is 2.15. The summed E-state index contributed by atoms with van der Waals surface area (Å²) >= 11 is 0. The molecule has 14 heavy (non-hydrogen) atoms. The van der Waals surface area contributed by atoms with E-state index in [1.54, 1.807) is 0 Å². The second-order valence-corrected chi connectivity index (χ2v) is 4.52. The molecule has 0 aliphatic carbocycles. The Morgan fingerprint density at radius 1 is 1.50 bits per heavy atom. The Kier molecular flexibility index (Phi) is 2.59. The summed E-state index contributed by atoms with van der Waals surface area (Å²) in [5.74, 6) is 0.691. The third-order valence-electron chi connectivity index (χ3n) is 2.80. The van der Waals surface area contributed by atoms with Gasteiger partial charge >= 0.3 is 0 Å². The maximum atomic E-state index is 4.61. The first-order chi connectivity index (χ1) is 6.68. The number of aryl methyl sites for hydroxylation is 1. The maximum absolute atomic E-state index is 4.61. The molecule has 2 rings (SSSR count). The zero-order valence-corrected chi connectivity index (χ0v) is 9.30. The van der Waals surface area contributed by atoms with Crippen molar-refractivity contribution >= 4 is 0 Å². The van der Waals surface area contributed by atoms with Gasteiger partial charge in [-0.3, -0.25) is 4.68 Å². The van der Waals surface area contributed by atoms with Gasteiger partial charge in [0.1, 0.15) is 0 Å². The molecule has 2 heterocycles. The summed E-state index contributed by atoms with van der Waals surface area (Å²) in [5.41, 5.74) is 4.18. The summed E-state index contributed by atoms with van der Waals surface area (Å²) in [6.45, 7) is 6.59. The highest BCUT2D eigenvalue weighted by Crippen LogP contribution is 2.19. The SMILES string of the molecule is CC(C)Cc1nn(C)c2c1CNCC2. The Morgan fingerprint density at radius 2 is 2.29 bits per heavy atom. The van der Waals surface area contributed by atoms with Crippen LogP contribution in [-0.4, -0.2) is 16.3 Å². The molecule has 1 N–H and O–H groups in total. The summed E-state index contributed by atoms with van der Waals surface area (Å²) in [4.78, 5) is 0. The summed E-state index contributed by atoms with van der Waals surface area (Å²) < 4.78 is 2.06. The van der Waals surface area contributed by atoms with Crippen LogP contribution < -0.4 is 5.32 Å². The van der Waals surface area contributed by atoms with E-state index in [1.807, 2.05) is 0 Å². The van der Waals surface area contributed by atoms with Gasteiger partial charge in [0.25, 0.3) is 0 Å². The van der Waals surface area contributed by atoms with Gasteiger partial charge < -0.3 is 5.32 Å². The number of fused-ring (bicyclic) bond motifs is 1. The number of rotatable bonds is 2. The smallest absolute Gasteiger partial charge is 0.0674 e. The van der Waals surface area contributed by atoms with Crippen LogP contribution in [0, 0.1) is 5.92 Å². The summed E-state index contributed by atoms with van der Waals surface area (Å²) in [7, 11) is 2.06. The van der Waals surface area contributed by atoms with E-state index in [0.717, 1.165) is 25.9 Å². The lowest BCUT2D eigenvalue weighted by atomic mass is 10.0. The Balaban J connectivity index is 2.31. The average Bonchev–Trinajstić information content (AvgIpc) is 2.44. The van der Waals surface area contributed by atoms with Crippen molar-refractivity contribution < 1.29 is 0 Å². The van der Waals surface area contributed by atoms with E-state index in [0.29, 0.717) is 5.92 Å². The van der Waals surface area contributed by atoms with Gasteiger partial charge in [-0.15, -0.1) is 0 Å². The monoisotopic (exact) mass is 193 g/mol. The van der Waals surface area contributed by atoms with E-state index in [2.05, 4.69) is 36.0 Å². The predicted molar refractivity (Wildman–Crippen MR) is 57.2 cm³/mol. The second kappa shape index (κ2) is 3.73. The van der Waals surface area contributed by atoms with Crippen molar-refractivity contribution in [1.82, 2.24) is 15.1 Å². The van der Waals surface area contributed by atoms with E-state index < -0.39 is 0 Å². The molecule has 0 unspecified atom stereocenters. The molecule has 0 fully saturated rings. The number of hydrogen-bond donors (Lipinski definition) is 1. The van der Waals surface area contributed by atoms with Gasteiger partial charge in [0.15, 0.2) is 0 Å². The van der Waals surface area contributed by atoms with Gasteiger partial charge in [0.2, 0.25) is 0 Å². The number of aromatic nitrogens is 2. The van der Waals surface area contributed by atoms with Crippen molar-refractivity contribution in [2.24, 2.45) is 13.0 Å². The average molecular weight is 193 g/mol. The summed E-state index contributed by atoms with van der Waals surface area (Å²) in [6, 6.07) is 0. The predicted octanol–water partition coefficient (Wildman–Crippen LogP) is 1.26. The van der Waals surface area contributed by atoms with Gasteiger partial charge in [0, 0.05) is 37.8 Å². The summed E-state index contributed by atoms with van der Waals surface area (Å²) in [6.07, 6.45) is 2.22.